The van der Waals surface area contributed by atoms with Gasteiger partial charge in [0.1, 0.15) is 0 Å². The van der Waals surface area contributed by atoms with Crippen molar-refractivity contribution in [3.8, 4) is 0 Å². The van der Waals surface area contributed by atoms with Gasteiger partial charge < -0.3 is 9.84 Å². The van der Waals surface area contributed by atoms with Crippen molar-refractivity contribution >= 4 is 5.97 Å². The molecular formula is C9H16O3. The predicted molar refractivity (Wildman–Crippen MR) is 45.0 cm³/mol. The van der Waals surface area contributed by atoms with Gasteiger partial charge in [0.25, 0.3) is 0 Å². The van der Waals surface area contributed by atoms with Gasteiger partial charge in [0.05, 0.1) is 12.0 Å². The van der Waals surface area contributed by atoms with Crippen LogP contribution < -0.4 is 0 Å². The van der Waals surface area contributed by atoms with E-state index >= 15 is 0 Å². The molecule has 0 aromatic heterocycles. The number of carboxylic acid groups (broad SMARTS) is 1. The molecule has 1 fully saturated rings. The van der Waals surface area contributed by atoms with E-state index in [1.54, 1.807) is 0 Å². The lowest BCUT2D eigenvalue weighted by atomic mass is 9.98. The van der Waals surface area contributed by atoms with Gasteiger partial charge in [0.2, 0.25) is 0 Å². The SMILES string of the molecule is CCCC[C@H]1OCC[C@H]1C(=O)O. The molecule has 0 aromatic carbocycles. The average Bonchev–Trinajstić information content (AvgIpc) is 2.48. The van der Waals surface area contributed by atoms with Crippen LogP contribution in [0.2, 0.25) is 0 Å². The van der Waals surface area contributed by atoms with Crippen molar-refractivity contribution < 1.29 is 14.6 Å². The highest BCUT2D eigenvalue weighted by molar-refractivity contribution is 5.71. The second-order valence-electron chi connectivity index (χ2n) is 3.28. The van der Waals surface area contributed by atoms with Crippen LogP contribution in [0.4, 0.5) is 0 Å². The standard InChI is InChI=1S/C9H16O3/c1-2-3-4-8-7(9(10)11)5-6-12-8/h7-8H,2-6H2,1H3,(H,10,11)/t7-,8-/m1/s1. The average molecular weight is 172 g/mol. The number of carboxylic acids is 1. The Kier molecular flexibility index (Phi) is 3.53. The van der Waals surface area contributed by atoms with Crippen molar-refractivity contribution in [3.05, 3.63) is 0 Å². The molecule has 0 amide bonds. The summed E-state index contributed by atoms with van der Waals surface area (Å²) in [6.45, 7) is 2.72. The van der Waals surface area contributed by atoms with Crippen LogP contribution in [0.3, 0.4) is 0 Å². The highest BCUT2D eigenvalue weighted by Crippen LogP contribution is 2.24. The molecular weight excluding hydrogens is 156 g/mol. The van der Waals surface area contributed by atoms with Gasteiger partial charge in [-0.2, -0.15) is 0 Å². The van der Waals surface area contributed by atoms with Crippen LogP contribution in [0.5, 0.6) is 0 Å². The van der Waals surface area contributed by atoms with E-state index in [1.165, 1.54) is 0 Å². The Bertz CT molecular complexity index is 156. The minimum atomic E-state index is -0.700. The third-order valence-corrected chi connectivity index (χ3v) is 2.37. The van der Waals surface area contributed by atoms with Gasteiger partial charge in [-0.05, 0) is 12.8 Å². The number of unbranched alkanes of at least 4 members (excludes halogenated alkanes) is 1. The zero-order valence-electron chi connectivity index (χ0n) is 7.45. The molecule has 0 bridgehead atoms. The van der Waals surface area contributed by atoms with E-state index < -0.39 is 5.97 Å². The van der Waals surface area contributed by atoms with E-state index in [2.05, 4.69) is 6.92 Å². The first-order chi connectivity index (χ1) is 5.75. The summed E-state index contributed by atoms with van der Waals surface area (Å²) in [6, 6.07) is 0. The third kappa shape index (κ3) is 2.21. The van der Waals surface area contributed by atoms with Crippen molar-refractivity contribution in [2.45, 2.75) is 38.7 Å². The molecule has 0 radical (unpaired) electrons. The Morgan fingerprint density at radius 1 is 1.67 bits per heavy atom. The fraction of sp³-hybridized carbons (Fsp3) is 0.889. The molecule has 0 spiro atoms. The molecule has 2 atom stereocenters. The lowest BCUT2D eigenvalue weighted by Gasteiger charge is -2.13. The number of hydrogen-bond donors (Lipinski definition) is 1. The molecule has 1 heterocycles. The summed E-state index contributed by atoms with van der Waals surface area (Å²) in [6.07, 6.45) is 3.72. The van der Waals surface area contributed by atoms with Crippen molar-refractivity contribution in [1.29, 1.82) is 0 Å². The first kappa shape index (κ1) is 9.52. The third-order valence-electron chi connectivity index (χ3n) is 2.37. The maximum Gasteiger partial charge on any atom is 0.309 e. The molecule has 0 saturated carbocycles. The van der Waals surface area contributed by atoms with Gasteiger partial charge in [-0.25, -0.2) is 0 Å². The van der Waals surface area contributed by atoms with E-state index in [0.717, 1.165) is 19.3 Å². The molecule has 1 aliphatic heterocycles. The van der Waals surface area contributed by atoms with Gasteiger partial charge in [-0.1, -0.05) is 19.8 Å². The maximum atomic E-state index is 10.7. The normalized spacial score (nSPS) is 29.1. The Morgan fingerprint density at radius 3 is 3.00 bits per heavy atom. The van der Waals surface area contributed by atoms with Gasteiger partial charge in [-0.3, -0.25) is 4.79 Å². The van der Waals surface area contributed by atoms with E-state index in [4.69, 9.17) is 9.84 Å². The molecule has 3 nitrogen and oxygen atoms in total. The Hall–Kier alpha value is -0.570. The smallest absolute Gasteiger partial charge is 0.309 e. The summed E-state index contributed by atoms with van der Waals surface area (Å²) in [5, 5.41) is 8.80. The molecule has 1 saturated heterocycles. The summed E-state index contributed by atoms with van der Waals surface area (Å²) in [7, 11) is 0. The molecule has 0 aromatic rings. The quantitative estimate of drug-likeness (QED) is 0.701. The van der Waals surface area contributed by atoms with E-state index in [1.807, 2.05) is 0 Å². The molecule has 1 rings (SSSR count). The van der Waals surface area contributed by atoms with Crippen LogP contribution in [-0.2, 0) is 9.53 Å². The Morgan fingerprint density at radius 2 is 2.42 bits per heavy atom. The van der Waals surface area contributed by atoms with Crippen LogP contribution in [0.15, 0.2) is 0 Å². The number of aliphatic carboxylic acids is 1. The second-order valence-corrected chi connectivity index (χ2v) is 3.28. The minimum Gasteiger partial charge on any atom is -0.481 e. The fourth-order valence-corrected chi connectivity index (χ4v) is 1.62. The second kappa shape index (κ2) is 4.45. The molecule has 1 aliphatic rings. The van der Waals surface area contributed by atoms with Crippen LogP contribution in [0, 0.1) is 5.92 Å². The Labute approximate surface area is 72.7 Å². The van der Waals surface area contributed by atoms with Gasteiger partial charge in [0, 0.05) is 6.61 Å². The monoisotopic (exact) mass is 172 g/mol. The lowest BCUT2D eigenvalue weighted by molar-refractivity contribution is -0.143. The van der Waals surface area contributed by atoms with Gasteiger partial charge in [0.15, 0.2) is 0 Å². The van der Waals surface area contributed by atoms with Crippen molar-refractivity contribution in [2.75, 3.05) is 6.61 Å². The summed E-state index contributed by atoms with van der Waals surface area (Å²) >= 11 is 0. The zero-order chi connectivity index (χ0) is 8.97. The predicted octanol–water partition coefficient (Wildman–Crippen LogP) is 1.67. The highest BCUT2D eigenvalue weighted by atomic mass is 16.5. The van der Waals surface area contributed by atoms with Crippen molar-refractivity contribution in [2.24, 2.45) is 5.92 Å². The minimum absolute atomic E-state index is 0.0255. The van der Waals surface area contributed by atoms with Crippen molar-refractivity contribution in [1.82, 2.24) is 0 Å². The molecule has 1 N–H and O–H groups in total. The first-order valence-electron chi connectivity index (χ1n) is 4.60. The number of hydrogen-bond acceptors (Lipinski definition) is 2. The van der Waals surface area contributed by atoms with E-state index in [-0.39, 0.29) is 12.0 Å². The lowest BCUT2D eigenvalue weighted by Crippen LogP contribution is -2.23. The van der Waals surface area contributed by atoms with Crippen molar-refractivity contribution in [3.63, 3.8) is 0 Å². The molecule has 0 aliphatic carbocycles. The van der Waals surface area contributed by atoms with Gasteiger partial charge >= 0.3 is 5.97 Å². The van der Waals surface area contributed by atoms with E-state index in [9.17, 15) is 4.79 Å². The fourth-order valence-electron chi connectivity index (χ4n) is 1.62. The summed E-state index contributed by atoms with van der Waals surface area (Å²) in [4.78, 5) is 10.7. The largest absolute Gasteiger partial charge is 0.481 e. The van der Waals surface area contributed by atoms with Crippen LogP contribution in [-0.4, -0.2) is 23.8 Å². The molecule has 3 heteroatoms. The first-order valence-corrected chi connectivity index (χ1v) is 4.60. The van der Waals surface area contributed by atoms with E-state index in [0.29, 0.717) is 13.0 Å². The van der Waals surface area contributed by atoms with Crippen LogP contribution in [0.1, 0.15) is 32.6 Å². The van der Waals surface area contributed by atoms with Gasteiger partial charge in [-0.15, -0.1) is 0 Å². The highest BCUT2D eigenvalue weighted by Gasteiger charge is 2.33. The number of carbonyl (C=O) groups is 1. The molecule has 0 unspecified atom stereocenters. The summed E-state index contributed by atoms with van der Waals surface area (Å²) in [5.41, 5.74) is 0. The number of rotatable bonds is 4. The zero-order valence-corrected chi connectivity index (χ0v) is 7.45. The molecule has 70 valence electrons. The Balaban J connectivity index is 2.35. The maximum absolute atomic E-state index is 10.7. The van der Waals surface area contributed by atoms with Crippen LogP contribution in [0.25, 0.3) is 0 Å². The molecule has 12 heavy (non-hydrogen) atoms. The van der Waals surface area contributed by atoms with Crippen LogP contribution >= 0.6 is 0 Å². The summed E-state index contributed by atoms with van der Waals surface area (Å²) in [5.74, 6) is -0.954. The topological polar surface area (TPSA) is 46.5 Å². The summed E-state index contributed by atoms with van der Waals surface area (Å²) < 4.78 is 5.35. The number of ether oxygens (including phenoxy) is 1.